The Bertz CT molecular complexity index is 1150. The summed E-state index contributed by atoms with van der Waals surface area (Å²) in [5.41, 5.74) is 1.15. The van der Waals surface area contributed by atoms with Crippen molar-refractivity contribution in [2.45, 2.75) is 11.3 Å². The van der Waals surface area contributed by atoms with Crippen molar-refractivity contribution in [2.24, 2.45) is 4.99 Å². The summed E-state index contributed by atoms with van der Waals surface area (Å²) in [6, 6.07) is 11.8. The maximum absolute atomic E-state index is 12.8. The van der Waals surface area contributed by atoms with E-state index in [0.29, 0.717) is 28.0 Å². The van der Waals surface area contributed by atoms with Crippen molar-refractivity contribution in [3.05, 3.63) is 48.0 Å². The van der Waals surface area contributed by atoms with E-state index < -0.39 is 15.7 Å². The first-order valence-electron chi connectivity index (χ1n) is 9.26. The summed E-state index contributed by atoms with van der Waals surface area (Å²) in [5.74, 6) is 1.56. The lowest BCUT2D eigenvalue weighted by molar-refractivity contribution is 0.100. The second-order valence-corrected chi connectivity index (χ2v) is 10.5. The van der Waals surface area contributed by atoms with Crippen molar-refractivity contribution < 1.29 is 27.4 Å². The highest BCUT2D eigenvalue weighted by molar-refractivity contribution is 8.16. The predicted molar refractivity (Wildman–Crippen MR) is 114 cm³/mol. The molecule has 8 nitrogen and oxygen atoms in total. The quantitative estimate of drug-likeness (QED) is 0.709. The molecule has 2 aromatic carbocycles. The Labute approximate surface area is 177 Å². The first kappa shape index (κ1) is 19.3. The summed E-state index contributed by atoms with van der Waals surface area (Å²) in [6.45, 7) is 0.144. The SMILES string of the molecule is COc1ccc(C(=O)N=C2SC3CS(=O)(=O)CC3N2c2ccc3c(c2)OCO3)cc1. The molecule has 0 radical (unpaired) electrons. The lowest BCUT2D eigenvalue weighted by Gasteiger charge is -2.24. The maximum atomic E-state index is 12.8. The van der Waals surface area contributed by atoms with Crippen LogP contribution in [0.3, 0.4) is 0 Å². The molecule has 0 spiro atoms. The standard InChI is InChI=1S/C20H18N2O6S2/c1-26-14-5-2-12(3-6-14)19(23)21-20-22(15-9-30(24,25)10-18(15)29-20)13-4-7-16-17(8-13)28-11-27-16/h2-8,15,18H,9-11H2,1H3. The van der Waals surface area contributed by atoms with Gasteiger partial charge in [-0.25, -0.2) is 8.42 Å². The molecular formula is C20H18N2O6S2. The van der Waals surface area contributed by atoms with E-state index in [1.54, 1.807) is 43.5 Å². The van der Waals surface area contributed by atoms with Crippen LogP contribution in [0.15, 0.2) is 47.5 Å². The van der Waals surface area contributed by atoms with E-state index >= 15 is 0 Å². The van der Waals surface area contributed by atoms with E-state index in [-0.39, 0.29) is 29.6 Å². The van der Waals surface area contributed by atoms with Crippen LogP contribution in [-0.2, 0) is 9.84 Å². The third-order valence-corrected chi connectivity index (χ3v) is 8.44. The van der Waals surface area contributed by atoms with Gasteiger partial charge in [-0.15, -0.1) is 0 Å². The van der Waals surface area contributed by atoms with E-state index in [4.69, 9.17) is 14.2 Å². The van der Waals surface area contributed by atoms with Gasteiger partial charge in [-0.1, -0.05) is 11.8 Å². The number of rotatable bonds is 3. The first-order chi connectivity index (χ1) is 14.4. The molecule has 1 amide bonds. The van der Waals surface area contributed by atoms with Crippen molar-refractivity contribution in [2.75, 3.05) is 30.3 Å². The van der Waals surface area contributed by atoms with Crippen LogP contribution in [0.1, 0.15) is 10.4 Å². The molecule has 156 valence electrons. The molecule has 2 unspecified atom stereocenters. The average Bonchev–Trinajstić information content (AvgIpc) is 3.39. The number of aliphatic imine (C=N–C) groups is 1. The number of carbonyl (C=O) groups is 1. The van der Waals surface area contributed by atoms with Gasteiger partial charge in [-0.05, 0) is 36.4 Å². The average molecular weight is 447 g/mol. The summed E-state index contributed by atoms with van der Waals surface area (Å²) < 4.78 is 40.4. The topological polar surface area (TPSA) is 94.5 Å². The Balaban J connectivity index is 1.51. The summed E-state index contributed by atoms with van der Waals surface area (Å²) in [6.07, 6.45) is 0. The molecule has 0 aromatic heterocycles. The molecule has 2 fully saturated rings. The fourth-order valence-corrected chi connectivity index (χ4v) is 7.70. The molecule has 2 saturated heterocycles. The van der Waals surface area contributed by atoms with E-state index in [2.05, 4.69) is 4.99 Å². The minimum Gasteiger partial charge on any atom is -0.497 e. The van der Waals surface area contributed by atoms with Gasteiger partial charge < -0.3 is 19.1 Å². The number of anilines is 1. The Kier molecular flexibility index (Phi) is 4.62. The normalized spacial score (nSPS) is 24.8. The molecule has 5 rings (SSSR count). The van der Waals surface area contributed by atoms with Crippen LogP contribution >= 0.6 is 11.8 Å². The van der Waals surface area contributed by atoms with Crippen LogP contribution in [0.2, 0.25) is 0 Å². The summed E-state index contributed by atoms with van der Waals surface area (Å²) in [5, 5.41) is 0.308. The van der Waals surface area contributed by atoms with Crippen LogP contribution in [0.4, 0.5) is 5.69 Å². The van der Waals surface area contributed by atoms with Gasteiger partial charge in [0.25, 0.3) is 5.91 Å². The fraction of sp³-hybridized carbons (Fsp3) is 0.300. The number of hydrogen-bond donors (Lipinski definition) is 0. The fourth-order valence-electron chi connectivity index (χ4n) is 3.79. The number of ether oxygens (including phenoxy) is 3. The third-order valence-electron chi connectivity index (χ3n) is 5.24. The molecule has 3 heterocycles. The molecule has 0 bridgehead atoms. The first-order valence-corrected chi connectivity index (χ1v) is 12.0. The van der Waals surface area contributed by atoms with E-state index in [1.165, 1.54) is 11.8 Å². The molecule has 0 saturated carbocycles. The van der Waals surface area contributed by atoms with Gasteiger partial charge in [0, 0.05) is 22.6 Å². The number of nitrogens with zero attached hydrogens (tertiary/aromatic N) is 2. The number of sulfone groups is 1. The smallest absolute Gasteiger partial charge is 0.279 e. The van der Waals surface area contributed by atoms with E-state index in [9.17, 15) is 13.2 Å². The summed E-state index contributed by atoms with van der Waals surface area (Å²) in [4.78, 5) is 19.0. The van der Waals surface area contributed by atoms with Crippen LogP contribution in [-0.4, -0.2) is 56.2 Å². The summed E-state index contributed by atoms with van der Waals surface area (Å²) >= 11 is 1.33. The predicted octanol–water partition coefficient (Wildman–Crippen LogP) is 2.34. The van der Waals surface area contributed by atoms with Crippen LogP contribution < -0.4 is 19.1 Å². The van der Waals surface area contributed by atoms with Crippen molar-refractivity contribution in [1.82, 2.24) is 0 Å². The number of carbonyl (C=O) groups excluding carboxylic acids is 1. The van der Waals surface area contributed by atoms with Gasteiger partial charge in [0.15, 0.2) is 26.5 Å². The highest BCUT2D eigenvalue weighted by Gasteiger charge is 2.49. The Morgan fingerprint density at radius 3 is 2.67 bits per heavy atom. The van der Waals surface area contributed by atoms with Crippen molar-refractivity contribution >= 4 is 38.4 Å². The minimum atomic E-state index is -3.14. The lowest BCUT2D eigenvalue weighted by Crippen LogP contribution is -2.37. The number of amides is 1. The number of methoxy groups -OCH3 is 1. The van der Waals surface area contributed by atoms with Crippen LogP contribution in [0.5, 0.6) is 17.2 Å². The van der Waals surface area contributed by atoms with E-state index in [0.717, 1.165) is 5.69 Å². The zero-order valence-electron chi connectivity index (χ0n) is 16.0. The number of benzene rings is 2. The molecule has 10 heteroatoms. The largest absolute Gasteiger partial charge is 0.497 e. The van der Waals surface area contributed by atoms with E-state index in [1.807, 2.05) is 11.0 Å². The lowest BCUT2D eigenvalue weighted by atomic mass is 10.2. The molecule has 0 aliphatic carbocycles. The second kappa shape index (κ2) is 7.21. The number of amidine groups is 1. The van der Waals surface area contributed by atoms with Gasteiger partial charge in [-0.2, -0.15) is 4.99 Å². The molecule has 2 atom stereocenters. The number of hydrogen-bond acceptors (Lipinski definition) is 7. The van der Waals surface area contributed by atoms with Gasteiger partial charge >= 0.3 is 0 Å². The van der Waals surface area contributed by atoms with Crippen LogP contribution in [0.25, 0.3) is 0 Å². The summed E-state index contributed by atoms with van der Waals surface area (Å²) in [7, 11) is -1.58. The Hall–Kier alpha value is -2.72. The minimum absolute atomic E-state index is 0.0227. The monoisotopic (exact) mass is 446 g/mol. The Morgan fingerprint density at radius 1 is 1.13 bits per heavy atom. The van der Waals surface area contributed by atoms with Crippen LogP contribution in [0, 0.1) is 0 Å². The van der Waals surface area contributed by atoms with Gasteiger partial charge in [-0.3, -0.25) is 4.79 Å². The second-order valence-electron chi connectivity index (χ2n) is 7.14. The zero-order valence-corrected chi connectivity index (χ0v) is 17.6. The highest BCUT2D eigenvalue weighted by atomic mass is 32.2. The zero-order chi connectivity index (χ0) is 20.9. The number of thioether (sulfide) groups is 1. The molecular weight excluding hydrogens is 428 g/mol. The highest BCUT2D eigenvalue weighted by Crippen LogP contribution is 2.44. The van der Waals surface area contributed by atoms with Crippen molar-refractivity contribution in [3.63, 3.8) is 0 Å². The Morgan fingerprint density at radius 2 is 1.90 bits per heavy atom. The number of fused-ring (bicyclic) bond motifs is 2. The van der Waals surface area contributed by atoms with Gasteiger partial charge in [0.2, 0.25) is 6.79 Å². The van der Waals surface area contributed by atoms with Crippen molar-refractivity contribution in [1.29, 1.82) is 0 Å². The molecule has 3 aliphatic rings. The van der Waals surface area contributed by atoms with Gasteiger partial charge in [0.1, 0.15) is 5.75 Å². The van der Waals surface area contributed by atoms with Crippen molar-refractivity contribution in [3.8, 4) is 17.2 Å². The van der Waals surface area contributed by atoms with Gasteiger partial charge in [0.05, 0.1) is 24.7 Å². The maximum Gasteiger partial charge on any atom is 0.279 e. The molecule has 0 N–H and O–H groups in total. The molecule has 2 aromatic rings. The molecule has 30 heavy (non-hydrogen) atoms. The third kappa shape index (κ3) is 3.39. The molecule has 3 aliphatic heterocycles.